The van der Waals surface area contributed by atoms with Gasteiger partial charge in [0.1, 0.15) is 0 Å². The first-order chi connectivity index (χ1) is 4.74. The van der Waals surface area contributed by atoms with Gasteiger partial charge in [-0.3, -0.25) is 0 Å². The average Bonchev–Trinajstić information content (AvgIpc) is 1.94. The predicted molar refractivity (Wildman–Crippen MR) is 42.1 cm³/mol. The summed E-state index contributed by atoms with van der Waals surface area (Å²) in [5.41, 5.74) is 0.790. The van der Waals surface area contributed by atoms with Crippen LogP contribution in [0.2, 0.25) is 0 Å². The fourth-order valence-electron chi connectivity index (χ4n) is 0.590. The van der Waals surface area contributed by atoms with E-state index >= 15 is 0 Å². The first-order valence-corrected chi connectivity index (χ1v) is 3.50. The van der Waals surface area contributed by atoms with E-state index in [1.807, 2.05) is 0 Å². The van der Waals surface area contributed by atoms with Gasteiger partial charge in [-0.2, -0.15) is 0 Å². The van der Waals surface area contributed by atoms with Crippen LogP contribution in [0, 0.1) is 11.8 Å². The Morgan fingerprint density at radius 2 is 2.30 bits per heavy atom. The molecule has 1 aromatic rings. The van der Waals surface area contributed by atoms with Crippen LogP contribution in [-0.4, -0.2) is 4.98 Å². The zero-order valence-corrected chi connectivity index (χ0v) is 6.92. The number of nitrogens with zero attached hydrogens (tertiary/aromatic N) is 2. The molecule has 1 aromatic heterocycles. The SMILES string of the molecule is Cc1ccc(Br)c(N=O)n1. The fourth-order valence-corrected chi connectivity index (χ4v) is 0.883. The Labute approximate surface area is 66.6 Å². The Hall–Kier alpha value is -0.770. The summed E-state index contributed by atoms with van der Waals surface area (Å²) in [4.78, 5) is 13.9. The van der Waals surface area contributed by atoms with Gasteiger partial charge in [0.2, 0.25) is 5.82 Å². The molecule has 3 nitrogen and oxygen atoms in total. The van der Waals surface area contributed by atoms with Crippen molar-refractivity contribution >= 4 is 21.7 Å². The zero-order chi connectivity index (χ0) is 7.56. The third kappa shape index (κ3) is 1.39. The van der Waals surface area contributed by atoms with Crippen LogP contribution in [0.15, 0.2) is 21.8 Å². The van der Waals surface area contributed by atoms with Crippen molar-refractivity contribution in [3.63, 3.8) is 0 Å². The molecule has 0 aromatic carbocycles. The van der Waals surface area contributed by atoms with Crippen LogP contribution >= 0.6 is 15.9 Å². The number of pyridine rings is 1. The molecule has 0 aliphatic carbocycles. The molecule has 0 aliphatic rings. The third-order valence-electron chi connectivity index (χ3n) is 1.05. The Morgan fingerprint density at radius 3 is 2.80 bits per heavy atom. The zero-order valence-electron chi connectivity index (χ0n) is 5.34. The van der Waals surface area contributed by atoms with Crippen molar-refractivity contribution in [3.05, 3.63) is 27.2 Å². The minimum atomic E-state index is 0.208. The van der Waals surface area contributed by atoms with E-state index < -0.39 is 0 Å². The van der Waals surface area contributed by atoms with Crippen LogP contribution in [0.5, 0.6) is 0 Å². The largest absolute Gasteiger partial charge is 0.230 e. The van der Waals surface area contributed by atoms with E-state index in [2.05, 4.69) is 26.1 Å². The van der Waals surface area contributed by atoms with E-state index in [0.717, 1.165) is 5.69 Å². The molecule has 0 radical (unpaired) electrons. The molecule has 1 rings (SSSR count). The number of aryl methyl sites for hydroxylation is 1. The number of hydrogen-bond acceptors (Lipinski definition) is 3. The number of nitroso groups, excluding NO2 is 1. The normalized spacial score (nSPS) is 9.40. The van der Waals surface area contributed by atoms with Gasteiger partial charge >= 0.3 is 0 Å². The van der Waals surface area contributed by atoms with Crippen molar-refractivity contribution in [2.45, 2.75) is 6.92 Å². The molecule has 0 fully saturated rings. The molecule has 0 unspecified atom stereocenters. The van der Waals surface area contributed by atoms with Gasteiger partial charge < -0.3 is 0 Å². The molecule has 0 saturated carbocycles. The molecule has 52 valence electrons. The van der Waals surface area contributed by atoms with E-state index in [1.165, 1.54) is 0 Å². The summed E-state index contributed by atoms with van der Waals surface area (Å²) in [7, 11) is 0. The van der Waals surface area contributed by atoms with Gasteiger partial charge in [-0.25, -0.2) is 4.98 Å². The van der Waals surface area contributed by atoms with E-state index in [0.29, 0.717) is 4.47 Å². The van der Waals surface area contributed by atoms with E-state index in [4.69, 9.17) is 0 Å². The predicted octanol–water partition coefficient (Wildman–Crippen LogP) is 2.55. The van der Waals surface area contributed by atoms with Gasteiger partial charge in [-0.1, -0.05) is 0 Å². The molecule has 0 N–H and O–H groups in total. The van der Waals surface area contributed by atoms with E-state index in [1.54, 1.807) is 19.1 Å². The lowest BCUT2D eigenvalue weighted by Gasteiger charge is -1.93. The summed E-state index contributed by atoms with van der Waals surface area (Å²) in [5.74, 6) is 0.208. The van der Waals surface area contributed by atoms with Crippen molar-refractivity contribution in [2.75, 3.05) is 0 Å². The van der Waals surface area contributed by atoms with E-state index in [-0.39, 0.29) is 5.82 Å². The van der Waals surface area contributed by atoms with Crippen molar-refractivity contribution in [1.29, 1.82) is 0 Å². The quantitative estimate of drug-likeness (QED) is 0.655. The number of halogens is 1. The number of rotatable bonds is 1. The second-order valence-corrected chi connectivity index (χ2v) is 2.70. The Morgan fingerprint density at radius 1 is 1.60 bits per heavy atom. The first-order valence-electron chi connectivity index (χ1n) is 2.70. The van der Waals surface area contributed by atoms with Gasteiger partial charge in [0.25, 0.3) is 0 Å². The van der Waals surface area contributed by atoms with Gasteiger partial charge in [0, 0.05) is 5.69 Å². The number of hydrogen-bond donors (Lipinski definition) is 0. The Kier molecular flexibility index (Phi) is 2.11. The minimum Gasteiger partial charge on any atom is -0.230 e. The molecule has 0 bridgehead atoms. The van der Waals surface area contributed by atoms with Crippen molar-refractivity contribution < 1.29 is 0 Å². The standard InChI is InChI=1S/C6H5BrN2O/c1-4-2-3-5(7)6(8-4)9-10/h2-3H,1H3. The lowest BCUT2D eigenvalue weighted by atomic mass is 10.4. The Balaban J connectivity index is 3.21. The summed E-state index contributed by atoms with van der Waals surface area (Å²) >= 11 is 3.13. The highest BCUT2D eigenvalue weighted by Gasteiger charge is 1.99. The van der Waals surface area contributed by atoms with Crippen LogP contribution in [-0.2, 0) is 0 Å². The molecular formula is C6H5BrN2O. The molecule has 0 saturated heterocycles. The van der Waals surface area contributed by atoms with Crippen molar-refractivity contribution in [1.82, 2.24) is 4.98 Å². The highest BCUT2D eigenvalue weighted by Crippen LogP contribution is 2.21. The summed E-state index contributed by atoms with van der Waals surface area (Å²) in [6.45, 7) is 1.81. The lowest BCUT2D eigenvalue weighted by Crippen LogP contribution is -1.79. The molecule has 1 heterocycles. The molecule has 0 spiro atoms. The second-order valence-electron chi connectivity index (χ2n) is 1.85. The van der Waals surface area contributed by atoms with Gasteiger partial charge in [-0.15, -0.1) is 4.91 Å². The molecule has 0 amide bonds. The van der Waals surface area contributed by atoms with Gasteiger partial charge in [0.15, 0.2) is 0 Å². The molecule has 10 heavy (non-hydrogen) atoms. The molecule has 0 aliphatic heterocycles. The highest BCUT2D eigenvalue weighted by atomic mass is 79.9. The molecule has 4 heteroatoms. The number of aromatic nitrogens is 1. The Bertz CT molecular complexity index is 262. The molecular weight excluding hydrogens is 196 g/mol. The van der Waals surface area contributed by atoms with Crippen LogP contribution in [0.4, 0.5) is 5.82 Å². The maximum atomic E-state index is 10.0. The fraction of sp³-hybridized carbons (Fsp3) is 0.167. The van der Waals surface area contributed by atoms with Gasteiger partial charge in [0.05, 0.1) is 4.47 Å². The van der Waals surface area contributed by atoms with Crippen molar-refractivity contribution in [2.24, 2.45) is 5.18 Å². The first kappa shape index (κ1) is 7.34. The third-order valence-corrected chi connectivity index (χ3v) is 1.67. The summed E-state index contributed by atoms with van der Waals surface area (Å²) in [6, 6.07) is 3.55. The smallest absolute Gasteiger partial charge is 0.211 e. The average molecular weight is 201 g/mol. The van der Waals surface area contributed by atoms with Crippen LogP contribution in [0.1, 0.15) is 5.69 Å². The van der Waals surface area contributed by atoms with Crippen LogP contribution < -0.4 is 0 Å². The van der Waals surface area contributed by atoms with Crippen LogP contribution in [0.25, 0.3) is 0 Å². The van der Waals surface area contributed by atoms with Gasteiger partial charge in [-0.05, 0) is 40.2 Å². The maximum absolute atomic E-state index is 10.0. The van der Waals surface area contributed by atoms with Crippen LogP contribution in [0.3, 0.4) is 0 Å². The second kappa shape index (κ2) is 2.88. The summed E-state index contributed by atoms with van der Waals surface area (Å²) < 4.78 is 0.633. The van der Waals surface area contributed by atoms with E-state index in [9.17, 15) is 4.91 Å². The summed E-state index contributed by atoms with van der Waals surface area (Å²) in [5, 5.41) is 2.72. The maximum Gasteiger partial charge on any atom is 0.211 e. The lowest BCUT2D eigenvalue weighted by molar-refractivity contribution is 1.16. The highest BCUT2D eigenvalue weighted by molar-refractivity contribution is 9.10. The monoisotopic (exact) mass is 200 g/mol. The minimum absolute atomic E-state index is 0.208. The summed E-state index contributed by atoms with van der Waals surface area (Å²) in [6.07, 6.45) is 0. The topological polar surface area (TPSA) is 42.3 Å². The molecule has 0 atom stereocenters. The van der Waals surface area contributed by atoms with Crippen molar-refractivity contribution in [3.8, 4) is 0 Å².